The molecule has 0 aromatic rings. The minimum Gasteiger partial charge on any atom is -0.481 e. The molecular formula is C9H13F2NO3. The van der Waals surface area contributed by atoms with Gasteiger partial charge in [0.25, 0.3) is 6.43 Å². The van der Waals surface area contributed by atoms with Gasteiger partial charge in [0.15, 0.2) is 0 Å². The Kier molecular flexibility index (Phi) is 3.99. The van der Waals surface area contributed by atoms with Crippen LogP contribution in [0.15, 0.2) is 0 Å². The Hall–Kier alpha value is -1.20. The molecule has 1 rings (SSSR count). The third kappa shape index (κ3) is 3.45. The Morgan fingerprint density at radius 3 is 2.40 bits per heavy atom. The second-order valence-electron chi connectivity index (χ2n) is 3.68. The molecule has 1 fully saturated rings. The molecule has 0 unspecified atom stereocenters. The number of aliphatic carboxylic acids is 1. The van der Waals surface area contributed by atoms with Gasteiger partial charge < -0.3 is 10.4 Å². The van der Waals surface area contributed by atoms with Gasteiger partial charge in [-0.1, -0.05) is 0 Å². The van der Waals surface area contributed by atoms with Crippen molar-refractivity contribution in [1.29, 1.82) is 0 Å². The molecule has 1 aliphatic rings. The first-order valence-electron chi connectivity index (χ1n) is 4.79. The van der Waals surface area contributed by atoms with Gasteiger partial charge in [0.05, 0.1) is 12.5 Å². The maximum Gasteiger partial charge on any atom is 0.306 e. The molecule has 0 aromatic heterocycles. The molecule has 0 saturated heterocycles. The summed E-state index contributed by atoms with van der Waals surface area (Å²) < 4.78 is 23.6. The van der Waals surface area contributed by atoms with Crippen LogP contribution in [0.4, 0.5) is 8.78 Å². The van der Waals surface area contributed by atoms with E-state index < -0.39 is 36.7 Å². The Labute approximate surface area is 85.7 Å². The molecular weight excluding hydrogens is 208 g/mol. The van der Waals surface area contributed by atoms with E-state index in [2.05, 4.69) is 5.32 Å². The zero-order chi connectivity index (χ0) is 11.4. The molecule has 0 bridgehead atoms. The van der Waals surface area contributed by atoms with Crippen LogP contribution < -0.4 is 5.32 Å². The predicted octanol–water partition coefficient (Wildman–Crippen LogP) is 0.869. The van der Waals surface area contributed by atoms with Crippen LogP contribution in [0.2, 0.25) is 0 Å². The van der Waals surface area contributed by atoms with Crippen LogP contribution in [0.5, 0.6) is 0 Å². The van der Waals surface area contributed by atoms with Crippen LogP contribution in [0.3, 0.4) is 0 Å². The minimum absolute atomic E-state index is 0.254. The summed E-state index contributed by atoms with van der Waals surface area (Å²) in [6.07, 6.45) is -1.40. The number of carboxylic acids is 1. The van der Waals surface area contributed by atoms with Gasteiger partial charge in [-0.3, -0.25) is 9.59 Å². The molecule has 4 nitrogen and oxygen atoms in total. The molecule has 1 saturated carbocycles. The fourth-order valence-electron chi connectivity index (χ4n) is 1.77. The molecule has 2 atom stereocenters. The molecule has 1 aliphatic carbocycles. The second kappa shape index (κ2) is 5.04. The largest absolute Gasteiger partial charge is 0.481 e. The lowest BCUT2D eigenvalue weighted by molar-refractivity contribution is -0.141. The predicted molar refractivity (Wildman–Crippen MR) is 47.5 cm³/mol. The van der Waals surface area contributed by atoms with Crippen molar-refractivity contribution in [3.63, 3.8) is 0 Å². The molecule has 0 radical (unpaired) electrons. The van der Waals surface area contributed by atoms with Crippen LogP contribution >= 0.6 is 0 Å². The van der Waals surface area contributed by atoms with Gasteiger partial charge in [0.2, 0.25) is 5.91 Å². The first-order chi connectivity index (χ1) is 7.00. The second-order valence-corrected chi connectivity index (χ2v) is 3.68. The number of halogens is 2. The summed E-state index contributed by atoms with van der Waals surface area (Å²) in [7, 11) is 0. The smallest absolute Gasteiger partial charge is 0.306 e. The van der Waals surface area contributed by atoms with Gasteiger partial charge >= 0.3 is 5.97 Å². The molecule has 0 heterocycles. The Morgan fingerprint density at radius 2 is 1.93 bits per heavy atom. The van der Waals surface area contributed by atoms with E-state index in [9.17, 15) is 18.4 Å². The number of amides is 1. The van der Waals surface area contributed by atoms with E-state index in [4.69, 9.17) is 5.11 Å². The average Bonchev–Trinajstić information content (AvgIpc) is 2.62. The van der Waals surface area contributed by atoms with Gasteiger partial charge in [-0.05, 0) is 19.3 Å². The minimum atomic E-state index is -2.56. The van der Waals surface area contributed by atoms with E-state index in [1.807, 2.05) is 0 Å². The number of carboxylic acid groups (broad SMARTS) is 1. The zero-order valence-electron chi connectivity index (χ0n) is 8.08. The fourth-order valence-corrected chi connectivity index (χ4v) is 1.77. The summed E-state index contributed by atoms with van der Waals surface area (Å²) in [5.41, 5.74) is 0. The zero-order valence-corrected chi connectivity index (χ0v) is 8.08. The van der Waals surface area contributed by atoms with Crippen molar-refractivity contribution in [3.8, 4) is 0 Å². The summed E-state index contributed by atoms with van der Waals surface area (Å²) in [6, 6.07) is 0. The van der Waals surface area contributed by atoms with Crippen molar-refractivity contribution < 1.29 is 23.5 Å². The fraction of sp³-hybridized carbons (Fsp3) is 0.778. The average molecular weight is 221 g/mol. The highest BCUT2D eigenvalue weighted by atomic mass is 19.3. The van der Waals surface area contributed by atoms with Gasteiger partial charge in [0.1, 0.15) is 0 Å². The van der Waals surface area contributed by atoms with Crippen molar-refractivity contribution in [2.45, 2.75) is 25.7 Å². The van der Waals surface area contributed by atoms with Gasteiger partial charge in [-0.15, -0.1) is 0 Å². The van der Waals surface area contributed by atoms with Crippen molar-refractivity contribution in [2.75, 3.05) is 6.54 Å². The summed E-state index contributed by atoms with van der Waals surface area (Å²) in [5.74, 6) is -2.31. The number of rotatable bonds is 4. The van der Waals surface area contributed by atoms with E-state index in [-0.39, 0.29) is 6.42 Å². The molecule has 6 heteroatoms. The monoisotopic (exact) mass is 221 g/mol. The van der Waals surface area contributed by atoms with E-state index in [1.54, 1.807) is 0 Å². The van der Waals surface area contributed by atoms with E-state index in [0.717, 1.165) is 0 Å². The lowest BCUT2D eigenvalue weighted by Crippen LogP contribution is -2.33. The summed E-state index contributed by atoms with van der Waals surface area (Å²) >= 11 is 0. The highest BCUT2D eigenvalue weighted by molar-refractivity contribution is 5.80. The Morgan fingerprint density at radius 1 is 1.33 bits per heavy atom. The van der Waals surface area contributed by atoms with Gasteiger partial charge in [0, 0.05) is 5.92 Å². The lowest BCUT2D eigenvalue weighted by atomic mass is 10.0. The van der Waals surface area contributed by atoms with Crippen molar-refractivity contribution in [2.24, 2.45) is 11.8 Å². The van der Waals surface area contributed by atoms with E-state index >= 15 is 0 Å². The lowest BCUT2D eigenvalue weighted by Gasteiger charge is -2.09. The highest BCUT2D eigenvalue weighted by Gasteiger charge is 2.33. The van der Waals surface area contributed by atoms with Crippen LogP contribution in [0, 0.1) is 11.8 Å². The SMILES string of the molecule is O=C(O)[C@H]1CC[C@@H](C(=O)NCC(F)F)C1. The topological polar surface area (TPSA) is 66.4 Å². The summed E-state index contributed by atoms with van der Waals surface area (Å²) in [5, 5.41) is 10.8. The van der Waals surface area contributed by atoms with Crippen LogP contribution in [0.25, 0.3) is 0 Å². The molecule has 0 aliphatic heterocycles. The molecule has 0 spiro atoms. The van der Waals surface area contributed by atoms with E-state index in [0.29, 0.717) is 12.8 Å². The number of nitrogens with one attached hydrogen (secondary N) is 1. The normalized spacial score (nSPS) is 25.5. The van der Waals surface area contributed by atoms with Crippen molar-refractivity contribution >= 4 is 11.9 Å². The van der Waals surface area contributed by atoms with E-state index in [1.165, 1.54) is 0 Å². The van der Waals surface area contributed by atoms with Crippen molar-refractivity contribution in [3.05, 3.63) is 0 Å². The van der Waals surface area contributed by atoms with Crippen LogP contribution in [-0.4, -0.2) is 30.0 Å². The number of carbonyl (C=O) groups is 2. The van der Waals surface area contributed by atoms with Crippen LogP contribution in [0.1, 0.15) is 19.3 Å². The first-order valence-corrected chi connectivity index (χ1v) is 4.79. The van der Waals surface area contributed by atoms with Crippen molar-refractivity contribution in [1.82, 2.24) is 5.32 Å². The highest BCUT2D eigenvalue weighted by Crippen LogP contribution is 2.30. The summed E-state index contributed by atoms with van der Waals surface area (Å²) in [4.78, 5) is 21.9. The number of hydrogen-bond donors (Lipinski definition) is 2. The maximum absolute atomic E-state index is 11.8. The summed E-state index contributed by atoms with van der Waals surface area (Å²) in [6.45, 7) is -0.660. The number of carbonyl (C=O) groups excluding carboxylic acids is 1. The number of hydrogen-bond acceptors (Lipinski definition) is 2. The quantitative estimate of drug-likeness (QED) is 0.740. The Balaban J connectivity index is 2.33. The van der Waals surface area contributed by atoms with Gasteiger partial charge in [-0.25, -0.2) is 8.78 Å². The van der Waals surface area contributed by atoms with Gasteiger partial charge in [-0.2, -0.15) is 0 Å². The third-order valence-corrected chi connectivity index (χ3v) is 2.58. The Bertz CT molecular complexity index is 258. The molecule has 1 amide bonds. The number of alkyl halides is 2. The standard InChI is InChI=1S/C9H13F2NO3/c10-7(11)4-12-8(13)5-1-2-6(3-5)9(14)15/h5-7H,1-4H2,(H,12,13)(H,14,15)/t5-,6+/m1/s1. The van der Waals surface area contributed by atoms with Crippen LogP contribution in [-0.2, 0) is 9.59 Å². The molecule has 0 aromatic carbocycles. The third-order valence-electron chi connectivity index (χ3n) is 2.58. The molecule has 86 valence electrons. The molecule has 15 heavy (non-hydrogen) atoms. The first kappa shape index (κ1) is 11.9. The maximum atomic E-state index is 11.8. The molecule has 2 N–H and O–H groups in total.